The number of pyridine rings is 1. The van der Waals surface area contributed by atoms with Gasteiger partial charge in [0.25, 0.3) is 0 Å². The summed E-state index contributed by atoms with van der Waals surface area (Å²) >= 11 is 0. The number of anilines is 1. The van der Waals surface area contributed by atoms with Crippen molar-refractivity contribution in [3.8, 4) is 17.0 Å². The number of amides is 2. The van der Waals surface area contributed by atoms with Gasteiger partial charge in [0.15, 0.2) is 0 Å². The quantitative estimate of drug-likeness (QED) is 0.774. The molecule has 7 nitrogen and oxygen atoms in total. The Hall–Kier alpha value is -3.42. The van der Waals surface area contributed by atoms with Gasteiger partial charge in [0, 0.05) is 30.8 Å². The number of aromatic amines is 1. The summed E-state index contributed by atoms with van der Waals surface area (Å²) < 4.78 is 19.1. The monoisotopic (exact) mass is 365 g/mol. The van der Waals surface area contributed by atoms with Crippen LogP contribution >= 0.6 is 0 Å². The predicted molar refractivity (Wildman–Crippen MR) is 95.7 cm³/mol. The van der Waals surface area contributed by atoms with Gasteiger partial charge >= 0.3 is 6.03 Å². The molecule has 1 saturated heterocycles. The number of nitrogens with one attached hydrogen (secondary N) is 1. The summed E-state index contributed by atoms with van der Waals surface area (Å²) in [6.07, 6.45) is 1.75. The minimum Gasteiger partial charge on any atom is -0.471 e. The van der Waals surface area contributed by atoms with Gasteiger partial charge in [-0.2, -0.15) is 10.1 Å². The zero-order chi connectivity index (χ0) is 18.4. The highest BCUT2D eigenvalue weighted by atomic mass is 19.1. The van der Waals surface area contributed by atoms with Crippen LogP contribution in [-0.4, -0.2) is 39.2 Å². The average Bonchev–Trinajstić information content (AvgIpc) is 3.29. The minimum absolute atomic E-state index is 0.147. The third-order valence-electron chi connectivity index (χ3n) is 4.84. The van der Waals surface area contributed by atoms with Gasteiger partial charge in [-0.25, -0.2) is 9.18 Å². The number of urea groups is 1. The molecule has 1 N–H and O–H groups in total. The van der Waals surface area contributed by atoms with E-state index >= 15 is 0 Å². The first-order valence-electron chi connectivity index (χ1n) is 8.66. The summed E-state index contributed by atoms with van der Waals surface area (Å²) in [5.74, 6) is 0.744. The molecule has 27 heavy (non-hydrogen) atoms. The van der Waals surface area contributed by atoms with Gasteiger partial charge < -0.3 is 9.64 Å². The highest BCUT2D eigenvalue weighted by Crippen LogP contribution is 2.36. The summed E-state index contributed by atoms with van der Waals surface area (Å²) in [7, 11) is 0. The molecule has 3 aromatic rings. The van der Waals surface area contributed by atoms with Crippen molar-refractivity contribution >= 4 is 11.8 Å². The lowest BCUT2D eigenvalue weighted by Gasteiger charge is -2.21. The van der Waals surface area contributed by atoms with Gasteiger partial charge in [-0.1, -0.05) is 12.1 Å². The SMILES string of the molecule is O=C1N(Cc2cccc(F)c2)CCN1c1ccc2c(n1)OCc1[nH]ncc1-2. The Balaban J connectivity index is 1.38. The van der Waals surface area contributed by atoms with Crippen LogP contribution in [0.25, 0.3) is 11.1 Å². The van der Waals surface area contributed by atoms with Crippen molar-refractivity contribution < 1.29 is 13.9 Å². The summed E-state index contributed by atoms with van der Waals surface area (Å²) in [4.78, 5) is 20.6. The van der Waals surface area contributed by atoms with E-state index in [0.717, 1.165) is 22.4 Å². The van der Waals surface area contributed by atoms with Crippen LogP contribution in [0.4, 0.5) is 15.0 Å². The standard InChI is InChI=1S/C19H16FN5O2/c20-13-3-1-2-12(8-13)10-24-6-7-25(19(24)26)17-5-4-14-15-9-21-23-16(15)11-27-18(14)22-17/h1-5,8-9H,6-7,10-11H2,(H,21,23). The molecule has 1 fully saturated rings. The number of nitrogens with zero attached hydrogens (tertiary/aromatic N) is 4. The molecule has 4 heterocycles. The van der Waals surface area contributed by atoms with Crippen LogP contribution in [0.15, 0.2) is 42.6 Å². The lowest BCUT2D eigenvalue weighted by atomic mass is 10.1. The highest BCUT2D eigenvalue weighted by Gasteiger charge is 2.31. The number of carbonyl (C=O) groups is 1. The number of hydrogen-bond donors (Lipinski definition) is 1. The average molecular weight is 365 g/mol. The Labute approximate surface area is 154 Å². The first-order chi connectivity index (χ1) is 13.2. The first-order valence-corrected chi connectivity index (χ1v) is 8.66. The number of rotatable bonds is 3. The van der Waals surface area contributed by atoms with Crippen LogP contribution in [0, 0.1) is 5.82 Å². The van der Waals surface area contributed by atoms with Crippen LogP contribution < -0.4 is 9.64 Å². The van der Waals surface area contributed by atoms with Crippen LogP contribution in [0.2, 0.25) is 0 Å². The molecular weight excluding hydrogens is 349 g/mol. The molecule has 2 amide bonds. The summed E-state index contributed by atoms with van der Waals surface area (Å²) in [5, 5.41) is 6.95. The molecule has 0 unspecified atom stereocenters. The van der Waals surface area contributed by atoms with E-state index in [1.807, 2.05) is 18.2 Å². The fraction of sp³-hybridized carbons (Fsp3) is 0.211. The number of ether oxygens (including phenoxy) is 1. The Morgan fingerprint density at radius 3 is 3.00 bits per heavy atom. The van der Waals surface area contributed by atoms with Gasteiger partial charge in [-0.15, -0.1) is 0 Å². The third kappa shape index (κ3) is 2.69. The normalized spacial score (nSPS) is 15.5. The maximum Gasteiger partial charge on any atom is 0.326 e. The smallest absolute Gasteiger partial charge is 0.326 e. The largest absolute Gasteiger partial charge is 0.471 e. The number of aromatic nitrogens is 3. The molecule has 0 saturated carbocycles. The topological polar surface area (TPSA) is 74.3 Å². The molecule has 0 atom stereocenters. The molecule has 1 aromatic carbocycles. The molecule has 0 aliphatic carbocycles. The Kier molecular flexibility index (Phi) is 3.56. The van der Waals surface area contributed by atoms with Gasteiger partial charge in [0.05, 0.1) is 11.9 Å². The van der Waals surface area contributed by atoms with Gasteiger partial charge in [-0.3, -0.25) is 10.00 Å². The number of H-pyrrole nitrogens is 1. The molecule has 2 aliphatic rings. The maximum atomic E-state index is 13.4. The molecule has 8 heteroatoms. The van der Waals surface area contributed by atoms with Crippen molar-refractivity contribution in [2.75, 3.05) is 18.0 Å². The van der Waals surface area contributed by atoms with Crippen LogP contribution in [-0.2, 0) is 13.2 Å². The maximum absolute atomic E-state index is 13.4. The second-order valence-corrected chi connectivity index (χ2v) is 6.56. The van der Waals surface area contributed by atoms with E-state index in [0.29, 0.717) is 37.9 Å². The minimum atomic E-state index is -0.303. The number of halogens is 1. The van der Waals surface area contributed by atoms with Crippen molar-refractivity contribution in [1.82, 2.24) is 20.1 Å². The van der Waals surface area contributed by atoms with E-state index in [4.69, 9.17) is 4.74 Å². The van der Waals surface area contributed by atoms with Crippen molar-refractivity contribution in [1.29, 1.82) is 0 Å². The second kappa shape index (κ2) is 6.08. The number of benzene rings is 1. The lowest BCUT2D eigenvalue weighted by molar-refractivity contribution is 0.218. The van der Waals surface area contributed by atoms with Gasteiger partial charge in [0.2, 0.25) is 5.88 Å². The number of carbonyl (C=O) groups excluding carboxylic acids is 1. The van der Waals surface area contributed by atoms with E-state index in [1.165, 1.54) is 12.1 Å². The Bertz CT molecular complexity index is 1030. The second-order valence-electron chi connectivity index (χ2n) is 6.56. The fourth-order valence-corrected chi connectivity index (χ4v) is 3.49. The molecular formula is C19H16FN5O2. The van der Waals surface area contributed by atoms with Crippen molar-refractivity contribution in [3.63, 3.8) is 0 Å². The Morgan fingerprint density at radius 1 is 1.19 bits per heavy atom. The van der Waals surface area contributed by atoms with E-state index < -0.39 is 0 Å². The number of fused-ring (bicyclic) bond motifs is 3. The zero-order valence-corrected chi connectivity index (χ0v) is 14.4. The summed E-state index contributed by atoms with van der Waals surface area (Å²) in [6.45, 7) is 1.82. The molecule has 5 rings (SSSR count). The van der Waals surface area contributed by atoms with Gasteiger partial charge in [-0.05, 0) is 29.8 Å². The fourth-order valence-electron chi connectivity index (χ4n) is 3.49. The third-order valence-corrected chi connectivity index (χ3v) is 4.84. The molecule has 136 valence electrons. The number of hydrogen-bond acceptors (Lipinski definition) is 4. The van der Waals surface area contributed by atoms with Crippen molar-refractivity contribution in [2.24, 2.45) is 0 Å². The molecule has 2 aliphatic heterocycles. The van der Waals surface area contributed by atoms with E-state index in [2.05, 4.69) is 15.2 Å². The van der Waals surface area contributed by atoms with Crippen LogP contribution in [0.1, 0.15) is 11.3 Å². The predicted octanol–water partition coefficient (Wildman–Crippen LogP) is 2.95. The first kappa shape index (κ1) is 15.8. The van der Waals surface area contributed by atoms with E-state index in [1.54, 1.807) is 22.1 Å². The highest BCUT2D eigenvalue weighted by molar-refractivity contribution is 5.93. The van der Waals surface area contributed by atoms with E-state index in [9.17, 15) is 9.18 Å². The summed E-state index contributed by atoms with van der Waals surface area (Å²) in [6, 6.07) is 9.86. The molecule has 2 aromatic heterocycles. The molecule has 0 spiro atoms. The molecule has 0 radical (unpaired) electrons. The van der Waals surface area contributed by atoms with E-state index in [-0.39, 0.29) is 11.8 Å². The molecule has 0 bridgehead atoms. The van der Waals surface area contributed by atoms with Crippen molar-refractivity contribution in [2.45, 2.75) is 13.2 Å². The zero-order valence-electron chi connectivity index (χ0n) is 14.4. The van der Waals surface area contributed by atoms with Crippen molar-refractivity contribution in [3.05, 3.63) is 59.7 Å². The van der Waals surface area contributed by atoms with Crippen LogP contribution in [0.3, 0.4) is 0 Å². The van der Waals surface area contributed by atoms with Gasteiger partial charge in [0.1, 0.15) is 18.2 Å². The van der Waals surface area contributed by atoms with Crippen LogP contribution in [0.5, 0.6) is 5.88 Å². The summed E-state index contributed by atoms with van der Waals surface area (Å²) in [5.41, 5.74) is 3.50. The lowest BCUT2D eigenvalue weighted by Crippen LogP contribution is -2.32. The Morgan fingerprint density at radius 2 is 2.11 bits per heavy atom.